The summed E-state index contributed by atoms with van der Waals surface area (Å²) in [5.74, 6) is -0.109. The van der Waals surface area contributed by atoms with Gasteiger partial charge in [0.15, 0.2) is 0 Å². The van der Waals surface area contributed by atoms with Gasteiger partial charge in [-0.15, -0.1) is 0 Å². The highest BCUT2D eigenvalue weighted by atomic mass is 79.9. The van der Waals surface area contributed by atoms with Crippen molar-refractivity contribution in [3.8, 4) is 11.3 Å². The number of hydrogen-bond acceptors (Lipinski definition) is 4. The molecule has 0 spiro atoms. The second-order valence-electron chi connectivity index (χ2n) is 6.83. The van der Waals surface area contributed by atoms with Crippen LogP contribution in [0.5, 0.6) is 0 Å². The molecule has 0 aliphatic carbocycles. The number of methoxy groups -OCH3 is 2. The first-order valence-corrected chi connectivity index (χ1v) is 10.8. The quantitative estimate of drug-likeness (QED) is 0.635. The topological polar surface area (TPSA) is 83.7 Å². The minimum atomic E-state index is -0.689. The molecule has 1 aromatic heterocycles. The summed E-state index contributed by atoms with van der Waals surface area (Å²) in [6.07, 6.45) is 2.79. The van der Waals surface area contributed by atoms with Gasteiger partial charge in [0, 0.05) is 36.6 Å². The second-order valence-corrected chi connectivity index (χ2v) is 8.18. The lowest BCUT2D eigenvalue weighted by Crippen LogP contribution is -2.53. The summed E-state index contributed by atoms with van der Waals surface area (Å²) < 4.78 is 10.7. The van der Waals surface area contributed by atoms with Crippen molar-refractivity contribution in [3.05, 3.63) is 46.0 Å². The Morgan fingerprint density at radius 3 is 2.33 bits per heavy atom. The number of amides is 2. The molecule has 30 heavy (non-hydrogen) atoms. The number of halogens is 2. The van der Waals surface area contributed by atoms with Gasteiger partial charge >= 0.3 is 6.09 Å². The van der Waals surface area contributed by atoms with E-state index in [1.807, 2.05) is 30.3 Å². The molecule has 1 fully saturated rings. The number of likely N-dealkylation sites (tertiary alicyclic amines) is 1. The van der Waals surface area contributed by atoms with Crippen LogP contribution in [-0.2, 0) is 14.3 Å². The molecule has 3 rings (SSSR count). The molecule has 2 aromatic rings. The van der Waals surface area contributed by atoms with Crippen molar-refractivity contribution in [2.75, 3.05) is 27.3 Å². The Morgan fingerprint density at radius 1 is 1.20 bits per heavy atom. The van der Waals surface area contributed by atoms with Crippen LogP contribution in [0.3, 0.4) is 0 Å². The third kappa shape index (κ3) is 7.04. The number of carbonyl (C=O) groups is 2. The Labute approximate surface area is 190 Å². The van der Waals surface area contributed by atoms with Gasteiger partial charge in [0.25, 0.3) is 0 Å². The first kappa shape index (κ1) is 24.2. The molecule has 2 atom stereocenters. The van der Waals surface area contributed by atoms with Crippen molar-refractivity contribution >= 4 is 39.5 Å². The molecule has 0 saturated carbocycles. The Bertz CT molecular complexity index is 822. The average Bonchev–Trinajstić information content (AvgIpc) is 3.44. The van der Waals surface area contributed by atoms with Crippen molar-refractivity contribution in [3.63, 3.8) is 0 Å². The van der Waals surface area contributed by atoms with Crippen LogP contribution in [0.15, 0.2) is 41.0 Å². The van der Waals surface area contributed by atoms with Crippen molar-refractivity contribution in [2.24, 2.45) is 0 Å². The van der Waals surface area contributed by atoms with E-state index in [1.165, 1.54) is 14.2 Å². The number of ether oxygens (including phenoxy) is 2. The molecule has 9 heteroatoms. The number of carbonyl (C=O) groups excluding carboxylic acids is 2. The number of rotatable bonds is 5. The predicted molar refractivity (Wildman–Crippen MR) is 121 cm³/mol. The molecule has 2 amide bonds. The van der Waals surface area contributed by atoms with E-state index in [0.29, 0.717) is 0 Å². The van der Waals surface area contributed by atoms with E-state index in [4.69, 9.17) is 16.3 Å². The van der Waals surface area contributed by atoms with Crippen LogP contribution < -0.4 is 5.32 Å². The molecule has 1 saturated heterocycles. The van der Waals surface area contributed by atoms with Crippen LogP contribution in [0.1, 0.15) is 19.8 Å². The molecule has 0 bridgehead atoms. The molecule has 2 heterocycles. The lowest BCUT2D eigenvalue weighted by atomic mass is 10.1. The molecule has 0 radical (unpaired) electrons. The zero-order chi connectivity index (χ0) is 22.1. The third-order valence-electron chi connectivity index (χ3n) is 4.79. The first-order valence-electron chi connectivity index (χ1n) is 9.61. The van der Waals surface area contributed by atoms with Gasteiger partial charge in [-0.1, -0.05) is 39.7 Å². The van der Waals surface area contributed by atoms with Gasteiger partial charge < -0.3 is 24.7 Å². The molecule has 164 valence electrons. The number of alkyl carbamates (subject to hydrolysis) is 1. The number of hydrogen-bond donors (Lipinski definition) is 2. The van der Waals surface area contributed by atoms with Crippen LogP contribution >= 0.6 is 27.5 Å². The average molecular weight is 501 g/mol. The fraction of sp³-hybridized carbons (Fsp3) is 0.429. The third-order valence-corrected chi connectivity index (χ3v) is 5.53. The van der Waals surface area contributed by atoms with Gasteiger partial charge in [0.2, 0.25) is 5.91 Å². The van der Waals surface area contributed by atoms with Crippen molar-refractivity contribution in [2.45, 2.75) is 31.9 Å². The van der Waals surface area contributed by atoms with E-state index in [-0.39, 0.29) is 12.0 Å². The van der Waals surface area contributed by atoms with E-state index in [9.17, 15) is 9.59 Å². The molecular formula is C21H27BrClN3O4. The summed E-state index contributed by atoms with van der Waals surface area (Å²) in [4.78, 5) is 28.2. The summed E-state index contributed by atoms with van der Waals surface area (Å²) in [5.41, 5.74) is 2.17. The van der Waals surface area contributed by atoms with Crippen LogP contribution in [-0.4, -0.2) is 61.3 Å². The molecule has 7 nitrogen and oxygen atoms in total. The Kier molecular flexibility index (Phi) is 9.68. The summed E-state index contributed by atoms with van der Waals surface area (Å²) in [6, 6.07) is 9.29. The van der Waals surface area contributed by atoms with E-state index < -0.39 is 12.1 Å². The molecular weight excluding hydrogens is 474 g/mol. The number of nitrogens with zero attached hydrogens (tertiary/aromatic N) is 1. The van der Waals surface area contributed by atoms with Gasteiger partial charge in [0.05, 0.1) is 18.2 Å². The summed E-state index contributed by atoms with van der Waals surface area (Å²) >= 11 is 9.19. The number of aromatic amines is 1. The highest BCUT2D eigenvalue weighted by molar-refractivity contribution is 9.10. The standard InChI is InChI=1S/C11H20N2O4.C10H7BrClN/c1-8(16-2)9(12-11(15)17-3)10(14)13-6-4-5-7-13;11-8-3-1-7(2-4-8)10-5-9(12)6-13-10/h8-9H,4-7H2,1-3H3,(H,12,15);1-6,13H. The maximum atomic E-state index is 12.2. The van der Waals surface area contributed by atoms with Gasteiger partial charge in [-0.2, -0.15) is 0 Å². The Hall–Kier alpha value is -2.03. The highest BCUT2D eigenvalue weighted by Gasteiger charge is 2.32. The van der Waals surface area contributed by atoms with Gasteiger partial charge in [-0.3, -0.25) is 4.79 Å². The maximum Gasteiger partial charge on any atom is 0.407 e. The predicted octanol–water partition coefficient (Wildman–Crippen LogP) is 4.47. The van der Waals surface area contributed by atoms with Gasteiger partial charge in [-0.05, 0) is 43.5 Å². The minimum absolute atomic E-state index is 0.109. The Balaban J connectivity index is 0.000000220. The van der Waals surface area contributed by atoms with Gasteiger partial charge in [-0.25, -0.2) is 4.79 Å². The van der Waals surface area contributed by atoms with E-state index in [0.717, 1.165) is 46.7 Å². The Morgan fingerprint density at radius 2 is 1.83 bits per heavy atom. The van der Waals surface area contributed by atoms with Crippen molar-refractivity contribution in [1.82, 2.24) is 15.2 Å². The second kappa shape index (κ2) is 12.0. The largest absolute Gasteiger partial charge is 0.453 e. The van der Waals surface area contributed by atoms with Crippen LogP contribution in [0.4, 0.5) is 4.79 Å². The fourth-order valence-corrected chi connectivity index (χ4v) is 3.43. The first-order chi connectivity index (χ1) is 14.3. The summed E-state index contributed by atoms with van der Waals surface area (Å²) in [6.45, 7) is 3.23. The highest BCUT2D eigenvalue weighted by Crippen LogP contribution is 2.23. The molecule has 2 N–H and O–H groups in total. The minimum Gasteiger partial charge on any atom is -0.453 e. The smallest absolute Gasteiger partial charge is 0.407 e. The van der Waals surface area contributed by atoms with E-state index >= 15 is 0 Å². The van der Waals surface area contributed by atoms with Gasteiger partial charge in [0.1, 0.15) is 6.04 Å². The zero-order valence-electron chi connectivity index (χ0n) is 17.3. The monoisotopic (exact) mass is 499 g/mol. The molecule has 1 aliphatic heterocycles. The molecule has 2 unspecified atom stereocenters. The SMILES string of the molecule is COC(=O)NC(C(=O)N1CCCC1)C(C)OC.Clc1c[nH]c(-c2ccc(Br)cc2)c1. The summed E-state index contributed by atoms with van der Waals surface area (Å²) in [7, 11) is 2.78. The van der Waals surface area contributed by atoms with Crippen LogP contribution in [0, 0.1) is 0 Å². The van der Waals surface area contributed by atoms with E-state index in [1.54, 1.807) is 18.0 Å². The fourth-order valence-electron chi connectivity index (χ4n) is 3.00. The molecule has 1 aromatic carbocycles. The number of nitrogens with one attached hydrogen (secondary N) is 2. The van der Waals surface area contributed by atoms with E-state index in [2.05, 4.69) is 31.0 Å². The maximum absolute atomic E-state index is 12.2. The lowest BCUT2D eigenvalue weighted by molar-refractivity contribution is -0.135. The molecule has 1 aliphatic rings. The number of benzene rings is 1. The normalized spacial score (nSPS) is 15.0. The zero-order valence-corrected chi connectivity index (χ0v) is 19.6. The summed E-state index contributed by atoms with van der Waals surface area (Å²) in [5, 5.41) is 3.25. The van der Waals surface area contributed by atoms with Crippen LogP contribution in [0.2, 0.25) is 5.02 Å². The number of H-pyrrole nitrogens is 1. The lowest BCUT2D eigenvalue weighted by Gasteiger charge is -2.27. The number of aromatic nitrogens is 1. The van der Waals surface area contributed by atoms with Crippen molar-refractivity contribution < 1.29 is 19.1 Å². The van der Waals surface area contributed by atoms with Crippen molar-refractivity contribution in [1.29, 1.82) is 0 Å². The van der Waals surface area contributed by atoms with Crippen LogP contribution in [0.25, 0.3) is 11.3 Å².